The number of rotatable bonds is 2. The Morgan fingerprint density at radius 1 is 0.451 bits per heavy atom. The molecule has 0 aliphatic carbocycles. The Kier molecular flexibility index (Phi) is 5.35. The largest absolute Gasteiger partial charge is 0.455 e. The van der Waals surface area contributed by atoms with Gasteiger partial charge in [-0.1, -0.05) is 127 Å². The molecule has 0 atom stereocenters. The quantitative estimate of drug-likeness (QED) is 0.172. The summed E-state index contributed by atoms with van der Waals surface area (Å²) in [5.41, 5.74) is 6.63. The Balaban J connectivity index is 1.26. The highest BCUT2D eigenvalue weighted by molar-refractivity contribution is 7.27. The first-order chi connectivity index (χ1) is 25.3. The van der Waals surface area contributed by atoms with Gasteiger partial charge in [-0.25, -0.2) is 9.97 Å². The number of benzene rings is 8. The summed E-state index contributed by atoms with van der Waals surface area (Å²) in [6.07, 6.45) is 0. The van der Waals surface area contributed by atoms with Crippen molar-refractivity contribution in [2.45, 2.75) is 0 Å². The lowest BCUT2D eigenvalue weighted by molar-refractivity contribution is 0.670. The molecule has 0 fully saturated rings. The third-order valence-electron chi connectivity index (χ3n) is 10.6. The monoisotopic (exact) mass is 667 g/mol. The Morgan fingerprint density at radius 3 is 1.98 bits per heavy atom. The molecule has 0 aliphatic rings. The number of thiophene rings is 1. The molecule has 5 heteroatoms. The van der Waals surface area contributed by atoms with E-state index in [4.69, 9.17) is 14.4 Å². The predicted octanol–water partition coefficient (Wildman–Crippen LogP) is 13.0. The van der Waals surface area contributed by atoms with Gasteiger partial charge in [-0.3, -0.25) is 4.57 Å². The molecule has 0 saturated heterocycles. The first-order valence-electron chi connectivity index (χ1n) is 17.2. The number of nitrogens with zero attached hydrogens (tertiary/aromatic N) is 3. The van der Waals surface area contributed by atoms with Gasteiger partial charge in [-0.05, 0) is 40.4 Å². The molecule has 0 spiro atoms. The maximum atomic E-state index is 6.61. The molecular formula is C46H25N3OS. The molecule has 0 N–H and O–H groups in total. The molecule has 0 aliphatic heterocycles. The number of fused-ring (bicyclic) bond motifs is 15. The summed E-state index contributed by atoms with van der Waals surface area (Å²) in [5, 5.41) is 12.8. The van der Waals surface area contributed by atoms with E-state index in [1.54, 1.807) is 0 Å². The molecule has 236 valence electrons. The van der Waals surface area contributed by atoms with E-state index >= 15 is 0 Å². The minimum absolute atomic E-state index is 0.642. The van der Waals surface area contributed by atoms with Gasteiger partial charge in [-0.2, -0.15) is 0 Å². The highest BCUT2D eigenvalue weighted by atomic mass is 32.1. The van der Waals surface area contributed by atoms with Crippen LogP contribution >= 0.6 is 11.3 Å². The summed E-state index contributed by atoms with van der Waals surface area (Å²) in [4.78, 5) is 11.0. The van der Waals surface area contributed by atoms with Crippen LogP contribution in [-0.2, 0) is 0 Å². The van der Waals surface area contributed by atoms with E-state index in [1.807, 2.05) is 23.5 Å². The maximum Gasteiger partial charge on any atom is 0.235 e. The second-order valence-electron chi connectivity index (χ2n) is 13.3. The zero-order valence-electron chi connectivity index (χ0n) is 27.1. The molecule has 51 heavy (non-hydrogen) atoms. The molecule has 12 aromatic rings. The summed E-state index contributed by atoms with van der Waals surface area (Å²) >= 11 is 1.86. The van der Waals surface area contributed by atoms with E-state index in [0.29, 0.717) is 5.95 Å². The van der Waals surface area contributed by atoms with Gasteiger partial charge >= 0.3 is 0 Å². The first-order valence-corrected chi connectivity index (χ1v) is 18.0. The van der Waals surface area contributed by atoms with Crippen molar-refractivity contribution in [3.8, 4) is 17.2 Å². The zero-order valence-corrected chi connectivity index (χ0v) is 27.9. The fourth-order valence-corrected chi connectivity index (χ4v) is 9.68. The molecule has 8 aromatic carbocycles. The van der Waals surface area contributed by atoms with Crippen molar-refractivity contribution in [1.29, 1.82) is 0 Å². The first kappa shape index (κ1) is 27.3. The van der Waals surface area contributed by atoms with Crippen molar-refractivity contribution in [2.24, 2.45) is 0 Å². The number of aromatic nitrogens is 3. The van der Waals surface area contributed by atoms with E-state index in [2.05, 4.69) is 144 Å². The minimum Gasteiger partial charge on any atom is -0.455 e. The maximum absolute atomic E-state index is 6.61. The van der Waals surface area contributed by atoms with Crippen LogP contribution in [0.4, 0.5) is 0 Å². The average Bonchev–Trinajstić information content (AvgIpc) is 3.87. The van der Waals surface area contributed by atoms with E-state index in [9.17, 15) is 0 Å². The topological polar surface area (TPSA) is 43.9 Å². The van der Waals surface area contributed by atoms with Gasteiger partial charge < -0.3 is 4.42 Å². The highest BCUT2D eigenvalue weighted by Crippen LogP contribution is 2.45. The van der Waals surface area contributed by atoms with Crippen LogP contribution in [0.1, 0.15) is 0 Å². The average molecular weight is 668 g/mol. The molecule has 0 unspecified atom stereocenters. The number of para-hydroxylation sites is 3. The standard InChI is InChI=1S/C46H25N3OS/c1-3-12-28-26(10-1)21-23-36-40(28)47-46(48-41(36)37-17-9-16-33-31-15-6-8-19-39(31)50-43(33)37)49-38-18-7-5-14-30(38)32-24-25-35-34-22-20-27-11-2-4-13-29(27)44(34)51-45(35)42(32)49/h1-25H. The van der Waals surface area contributed by atoms with E-state index in [1.165, 1.54) is 41.7 Å². The third-order valence-corrected chi connectivity index (χ3v) is 11.9. The van der Waals surface area contributed by atoms with Crippen molar-refractivity contribution in [3.63, 3.8) is 0 Å². The minimum atomic E-state index is 0.642. The fourth-order valence-electron chi connectivity index (χ4n) is 8.31. The zero-order chi connectivity index (χ0) is 33.2. The van der Waals surface area contributed by atoms with Crippen LogP contribution in [0, 0.1) is 0 Å². The van der Waals surface area contributed by atoms with Crippen molar-refractivity contribution in [3.05, 3.63) is 152 Å². The van der Waals surface area contributed by atoms with Crippen molar-refractivity contribution < 1.29 is 4.42 Å². The van der Waals surface area contributed by atoms with Gasteiger partial charge in [-0.15, -0.1) is 11.3 Å². The van der Waals surface area contributed by atoms with Gasteiger partial charge in [0.25, 0.3) is 0 Å². The van der Waals surface area contributed by atoms with Crippen molar-refractivity contribution >= 4 is 108 Å². The van der Waals surface area contributed by atoms with Crippen LogP contribution < -0.4 is 0 Å². The second-order valence-corrected chi connectivity index (χ2v) is 14.3. The van der Waals surface area contributed by atoms with Gasteiger partial charge in [0.2, 0.25) is 5.95 Å². The van der Waals surface area contributed by atoms with Crippen LogP contribution in [0.25, 0.3) is 114 Å². The van der Waals surface area contributed by atoms with E-state index in [0.717, 1.165) is 65.9 Å². The molecule has 0 saturated carbocycles. The van der Waals surface area contributed by atoms with Gasteiger partial charge in [0.1, 0.15) is 11.2 Å². The van der Waals surface area contributed by atoms with Gasteiger partial charge in [0, 0.05) is 53.4 Å². The van der Waals surface area contributed by atoms with Crippen LogP contribution in [0.2, 0.25) is 0 Å². The lowest BCUT2D eigenvalue weighted by Crippen LogP contribution is -2.04. The summed E-state index contributed by atoms with van der Waals surface area (Å²) in [5.74, 6) is 0.642. The van der Waals surface area contributed by atoms with E-state index < -0.39 is 0 Å². The fraction of sp³-hybridized carbons (Fsp3) is 0. The molecule has 4 nitrogen and oxygen atoms in total. The Hall–Kier alpha value is -6.56. The van der Waals surface area contributed by atoms with Crippen LogP contribution in [0.3, 0.4) is 0 Å². The molecule has 0 radical (unpaired) electrons. The molecule has 4 aromatic heterocycles. The Morgan fingerprint density at radius 2 is 1.10 bits per heavy atom. The smallest absolute Gasteiger partial charge is 0.235 e. The Labute approximate surface area is 294 Å². The summed E-state index contributed by atoms with van der Waals surface area (Å²) in [7, 11) is 0. The van der Waals surface area contributed by atoms with Crippen molar-refractivity contribution in [1.82, 2.24) is 14.5 Å². The lowest BCUT2D eigenvalue weighted by atomic mass is 10.0. The van der Waals surface area contributed by atoms with E-state index in [-0.39, 0.29) is 0 Å². The lowest BCUT2D eigenvalue weighted by Gasteiger charge is -2.13. The summed E-state index contributed by atoms with van der Waals surface area (Å²) < 4.78 is 11.4. The molecular weight excluding hydrogens is 643 g/mol. The SMILES string of the molecule is c1ccc2c(c1)ccc1c(-c3cccc4c3oc3ccccc34)nc(-n3c4ccccc4c4ccc5c6ccc7ccccc7c6sc5c43)nc12. The number of furan rings is 1. The van der Waals surface area contributed by atoms with Crippen LogP contribution in [0.15, 0.2) is 156 Å². The van der Waals surface area contributed by atoms with Crippen LogP contribution in [0.5, 0.6) is 0 Å². The number of hydrogen-bond acceptors (Lipinski definition) is 4. The highest BCUT2D eigenvalue weighted by Gasteiger charge is 2.23. The third kappa shape index (κ3) is 3.68. The van der Waals surface area contributed by atoms with Crippen molar-refractivity contribution in [2.75, 3.05) is 0 Å². The molecule has 12 rings (SSSR count). The summed E-state index contributed by atoms with van der Waals surface area (Å²) in [6.45, 7) is 0. The van der Waals surface area contributed by atoms with Gasteiger partial charge in [0.15, 0.2) is 0 Å². The van der Waals surface area contributed by atoms with Gasteiger partial charge in [0.05, 0.1) is 26.9 Å². The van der Waals surface area contributed by atoms with Crippen LogP contribution in [-0.4, -0.2) is 14.5 Å². The normalized spacial score (nSPS) is 12.3. The Bertz CT molecular complexity index is 3440. The molecule has 0 bridgehead atoms. The summed E-state index contributed by atoms with van der Waals surface area (Å²) in [6, 6.07) is 53.9. The molecule has 4 heterocycles. The second kappa shape index (κ2) is 10.0. The predicted molar refractivity (Wildman–Crippen MR) is 214 cm³/mol. The number of hydrogen-bond donors (Lipinski definition) is 0. The molecule has 0 amide bonds.